The SMILES string of the molecule is BCC(B)C(=O)OC. The molecule has 0 saturated carbocycles. The van der Waals surface area contributed by atoms with Crippen molar-refractivity contribution in [1.29, 1.82) is 0 Å². The van der Waals surface area contributed by atoms with Crippen LogP contribution >= 0.6 is 0 Å². The number of esters is 1. The number of carbonyl (C=O) groups excluding carboxylic acids is 1. The highest BCUT2D eigenvalue weighted by Gasteiger charge is 2.08. The van der Waals surface area contributed by atoms with Gasteiger partial charge in [0.1, 0.15) is 15.7 Å². The molecule has 0 N–H and O–H groups in total. The van der Waals surface area contributed by atoms with E-state index in [-0.39, 0.29) is 11.8 Å². The normalized spacial score (nSPS) is 12.6. The van der Waals surface area contributed by atoms with Crippen molar-refractivity contribution in [2.75, 3.05) is 7.11 Å². The van der Waals surface area contributed by atoms with Crippen LogP contribution in [-0.4, -0.2) is 28.8 Å². The van der Waals surface area contributed by atoms with Gasteiger partial charge in [0, 0.05) is 5.82 Å². The van der Waals surface area contributed by atoms with E-state index in [1.54, 1.807) is 0 Å². The molecular weight excluding hydrogens is 102 g/mol. The molecule has 0 aliphatic carbocycles. The molecule has 0 bridgehead atoms. The zero-order valence-corrected chi connectivity index (χ0v) is 5.60. The number of rotatable bonds is 2. The Bertz CT molecular complexity index is 84.1. The molecule has 0 fully saturated rings. The number of methoxy groups -OCH3 is 1. The summed E-state index contributed by atoms with van der Waals surface area (Å²) in [5.74, 6) is -0.0625. The lowest BCUT2D eigenvalue weighted by molar-refractivity contribution is -0.140. The maximum atomic E-state index is 10.5. The molecule has 0 aromatic rings. The van der Waals surface area contributed by atoms with Crippen LogP contribution in [0.1, 0.15) is 0 Å². The Morgan fingerprint density at radius 3 is 2.50 bits per heavy atom. The molecule has 1 atom stereocenters. The first-order valence-corrected chi connectivity index (χ1v) is 2.80. The first-order valence-electron chi connectivity index (χ1n) is 2.80. The minimum atomic E-state index is -0.118. The van der Waals surface area contributed by atoms with E-state index in [1.807, 2.05) is 15.7 Å². The molecular formula is C4H10B2O2. The Balaban J connectivity index is 3.46. The third kappa shape index (κ3) is 2.05. The second kappa shape index (κ2) is 3.58. The van der Waals surface area contributed by atoms with Crippen molar-refractivity contribution in [1.82, 2.24) is 0 Å². The van der Waals surface area contributed by atoms with Crippen molar-refractivity contribution < 1.29 is 9.53 Å². The highest BCUT2D eigenvalue weighted by Crippen LogP contribution is 2.03. The summed E-state index contributed by atoms with van der Waals surface area (Å²) in [6.07, 6.45) is 0.854. The molecule has 0 aliphatic heterocycles. The van der Waals surface area contributed by atoms with Crippen LogP contribution in [0.25, 0.3) is 0 Å². The van der Waals surface area contributed by atoms with Gasteiger partial charge in [-0.25, -0.2) is 0 Å². The molecule has 0 spiro atoms. The first-order chi connectivity index (χ1) is 3.72. The van der Waals surface area contributed by atoms with Gasteiger partial charge < -0.3 is 4.74 Å². The largest absolute Gasteiger partial charge is 0.469 e. The van der Waals surface area contributed by atoms with E-state index < -0.39 is 0 Å². The van der Waals surface area contributed by atoms with Gasteiger partial charge in [-0.3, -0.25) is 4.79 Å². The molecule has 0 aromatic carbocycles. The lowest BCUT2D eigenvalue weighted by atomic mass is 9.77. The van der Waals surface area contributed by atoms with Crippen LogP contribution in [-0.2, 0) is 9.53 Å². The van der Waals surface area contributed by atoms with Crippen LogP contribution in [0.3, 0.4) is 0 Å². The monoisotopic (exact) mass is 112 g/mol. The molecule has 4 heteroatoms. The van der Waals surface area contributed by atoms with E-state index in [0.717, 1.165) is 6.32 Å². The average Bonchev–Trinajstić information content (AvgIpc) is 1.84. The Hall–Kier alpha value is -0.400. The number of hydrogen-bond donors (Lipinski definition) is 0. The molecule has 0 aliphatic rings. The summed E-state index contributed by atoms with van der Waals surface area (Å²) < 4.78 is 4.46. The van der Waals surface area contributed by atoms with Crippen molar-refractivity contribution in [2.45, 2.75) is 12.1 Å². The third-order valence-corrected chi connectivity index (χ3v) is 1.22. The summed E-state index contributed by atoms with van der Waals surface area (Å²) in [6, 6.07) is 0. The zero-order valence-electron chi connectivity index (χ0n) is 5.60. The van der Waals surface area contributed by atoms with E-state index in [2.05, 4.69) is 4.74 Å². The first kappa shape index (κ1) is 7.60. The molecule has 0 radical (unpaired) electrons. The minimum absolute atomic E-state index is 0.0556. The van der Waals surface area contributed by atoms with Gasteiger partial charge in [0.25, 0.3) is 5.97 Å². The Labute approximate surface area is 51.4 Å². The zero-order chi connectivity index (χ0) is 6.57. The predicted octanol–water partition coefficient (Wildman–Crippen LogP) is -1.37. The van der Waals surface area contributed by atoms with Crippen LogP contribution in [0, 0.1) is 0 Å². The smallest absolute Gasteiger partial charge is 0.299 e. The highest BCUT2D eigenvalue weighted by atomic mass is 16.5. The fraction of sp³-hybridized carbons (Fsp3) is 0.750. The number of hydrogen-bond acceptors (Lipinski definition) is 2. The van der Waals surface area contributed by atoms with Crippen molar-refractivity contribution in [3.05, 3.63) is 0 Å². The molecule has 0 amide bonds. The minimum Gasteiger partial charge on any atom is -0.469 e. The van der Waals surface area contributed by atoms with Crippen LogP contribution in [0.2, 0.25) is 12.1 Å². The summed E-state index contributed by atoms with van der Waals surface area (Å²) in [6.45, 7) is 0. The molecule has 0 aromatic heterocycles. The number of carbonyl (C=O) groups is 1. The fourth-order valence-electron chi connectivity index (χ4n) is 0.368. The van der Waals surface area contributed by atoms with Gasteiger partial charge in [-0.1, -0.05) is 6.32 Å². The maximum absolute atomic E-state index is 10.5. The molecule has 2 nitrogen and oxygen atoms in total. The molecule has 44 valence electrons. The third-order valence-electron chi connectivity index (χ3n) is 1.22. The average molecular weight is 112 g/mol. The van der Waals surface area contributed by atoms with Gasteiger partial charge in [0.2, 0.25) is 0 Å². The second-order valence-corrected chi connectivity index (χ2v) is 1.83. The van der Waals surface area contributed by atoms with Gasteiger partial charge in [0.15, 0.2) is 0 Å². The van der Waals surface area contributed by atoms with Crippen LogP contribution in [0.5, 0.6) is 0 Å². The van der Waals surface area contributed by atoms with Gasteiger partial charge in [-0.15, -0.1) is 0 Å². The quantitative estimate of drug-likeness (QED) is 0.325. The Morgan fingerprint density at radius 2 is 2.38 bits per heavy atom. The Morgan fingerprint density at radius 1 is 1.88 bits per heavy atom. The highest BCUT2D eigenvalue weighted by molar-refractivity contribution is 6.27. The van der Waals surface area contributed by atoms with E-state index >= 15 is 0 Å². The fourth-order valence-corrected chi connectivity index (χ4v) is 0.368. The topological polar surface area (TPSA) is 26.3 Å². The van der Waals surface area contributed by atoms with Crippen LogP contribution in [0.4, 0.5) is 0 Å². The van der Waals surface area contributed by atoms with Crippen LogP contribution in [0.15, 0.2) is 0 Å². The molecule has 1 unspecified atom stereocenters. The molecule has 8 heavy (non-hydrogen) atoms. The summed E-state index contributed by atoms with van der Waals surface area (Å²) in [4.78, 5) is 10.5. The molecule has 0 heterocycles. The summed E-state index contributed by atoms with van der Waals surface area (Å²) in [5.41, 5.74) is 0. The van der Waals surface area contributed by atoms with Crippen LogP contribution < -0.4 is 0 Å². The number of ether oxygens (including phenoxy) is 1. The Kier molecular flexibility index (Phi) is 3.40. The van der Waals surface area contributed by atoms with E-state index in [4.69, 9.17) is 0 Å². The van der Waals surface area contributed by atoms with E-state index in [0.29, 0.717) is 0 Å². The standard InChI is InChI=1S/C4H10B2O2/c1-8-4(7)3(6)2-5/h3H,2,5-6H2,1H3. The lowest BCUT2D eigenvalue weighted by Crippen LogP contribution is -2.09. The molecule has 0 rings (SSSR count). The summed E-state index contributed by atoms with van der Waals surface area (Å²) in [5, 5.41) is 0. The van der Waals surface area contributed by atoms with Gasteiger partial charge >= 0.3 is 0 Å². The summed E-state index contributed by atoms with van der Waals surface area (Å²) in [7, 11) is 5.22. The van der Waals surface area contributed by atoms with Crippen molar-refractivity contribution in [3.8, 4) is 0 Å². The summed E-state index contributed by atoms with van der Waals surface area (Å²) >= 11 is 0. The van der Waals surface area contributed by atoms with Crippen molar-refractivity contribution in [3.63, 3.8) is 0 Å². The second-order valence-electron chi connectivity index (χ2n) is 1.83. The predicted molar refractivity (Wildman–Crippen MR) is 37.7 cm³/mol. The van der Waals surface area contributed by atoms with Gasteiger partial charge in [-0.05, 0) is 0 Å². The molecule has 0 saturated heterocycles. The van der Waals surface area contributed by atoms with Crippen molar-refractivity contribution in [2.24, 2.45) is 0 Å². The van der Waals surface area contributed by atoms with Gasteiger partial charge in [0.05, 0.1) is 7.11 Å². The lowest BCUT2D eigenvalue weighted by Gasteiger charge is -2.02. The van der Waals surface area contributed by atoms with E-state index in [1.165, 1.54) is 7.11 Å². The van der Waals surface area contributed by atoms with Gasteiger partial charge in [-0.2, -0.15) is 0 Å². The van der Waals surface area contributed by atoms with Crippen molar-refractivity contribution >= 4 is 21.7 Å². The van der Waals surface area contributed by atoms with E-state index in [9.17, 15) is 4.79 Å². The maximum Gasteiger partial charge on any atom is 0.299 e.